The standard InChI is InChI=1S/C65H79N7O10S/c1-8-70(50-22-28-80-29-23-50)56-32-49(31-54(43(56)6)61(74)67-36-55-41(4)30-42(5)69-62(55)75)45-18-20-52(21-19-45)81-27-13-25-79-24-11-12-26-82-58-33-46(60-44(7)68-39-83-60)16-17-47(58)35-66-63(76)57-34-51(73)38-71(57)65(78)59(40(2)3)72-37-48-14-9-10-15-53(48)64(72)77/h9-10,14-21,30-33,39-40,50-51,57,59,73H,8,11-13,22-29,34-38H2,1-7H3,(H,66,76)(H,67,74)(H,69,75)/t51-,57+,59+/m1/s1. The van der Waals surface area contributed by atoms with Crippen molar-refractivity contribution in [2.24, 2.45) is 5.92 Å². The van der Waals surface area contributed by atoms with Gasteiger partial charge in [-0.05, 0) is 142 Å². The highest BCUT2D eigenvalue weighted by Crippen LogP contribution is 2.36. The summed E-state index contributed by atoms with van der Waals surface area (Å²) in [6, 6.07) is 25.8. The summed E-state index contributed by atoms with van der Waals surface area (Å²) in [5, 5.41) is 16.9. The highest BCUT2D eigenvalue weighted by molar-refractivity contribution is 7.13. The molecule has 6 aromatic rings. The van der Waals surface area contributed by atoms with Crippen LogP contribution in [-0.2, 0) is 38.7 Å². The van der Waals surface area contributed by atoms with E-state index in [0.29, 0.717) is 75.0 Å². The molecule has 4 amide bonds. The van der Waals surface area contributed by atoms with Crippen LogP contribution in [0.2, 0.25) is 0 Å². The third-order valence-corrected chi connectivity index (χ3v) is 17.1. The van der Waals surface area contributed by atoms with Gasteiger partial charge in [-0.3, -0.25) is 24.0 Å². The Hall–Kier alpha value is -7.38. The smallest absolute Gasteiger partial charge is 0.255 e. The van der Waals surface area contributed by atoms with E-state index in [2.05, 4.69) is 38.5 Å². The summed E-state index contributed by atoms with van der Waals surface area (Å²) in [7, 11) is 0. The number of β-amino-alcohol motifs (C(OH)–C–C–N with tert-alkyl or cyclic N) is 1. The first-order chi connectivity index (χ1) is 40.1. The molecule has 0 unspecified atom stereocenters. The fraction of sp³-hybridized carbons (Fsp3) is 0.446. The number of unbranched alkanes of at least 4 members (excludes halogenated alkanes) is 1. The van der Waals surface area contributed by atoms with E-state index in [-0.39, 0.29) is 67.2 Å². The molecule has 0 aliphatic carbocycles. The van der Waals surface area contributed by atoms with E-state index in [1.54, 1.807) is 22.3 Å². The van der Waals surface area contributed by atoms with E-state index < -0.39 is 18.2 Å². The number of amides is 4. The number of aliphatic hydroxyl groups excluding tert-OH is 1. The maximum atomic E-state index is 14.3. The summed E-state index contributed by atoms with van der Waals surface area (Å²) in [6.07, 6.45) is 3.21. The molecule has 0 spiro atoms. The van der Waals surface area contributed by atoms with Gasteiger partial charge in [-0.15, -0.1) is 11.3 Å². The number of aliphatic hydroxyl groups is 1. The predicted octanol–water partition coefficient (Wildman–Crippen LogP) is 9.24. The lowest BCUT2D eigenvalue weighted by atomic mass is 9.95. The average Bonchev–Trinajstić information content (AvgIpc) is 3.33. The van der Waals surface area contributed by atoms with Gasteiger partial charge < -0.3 is 54.4 Å². The number of H-pyrrole nitrogens is 1. The third-order valence-electron chi connectivity index (χ3n) is 16.1. The van der Waals surface area contributed by atoms with Gasteiger partial charge in [-0.1, -0.05) is 56.3 Å². The number of carbonyl (C=O) groups excluding carboxylic acids is 4. The molecule has 4 N–H and O–H groups in total. The molecule has 3 aliphatic rings. The van der Waals surface area contributed by atoms with Crippen molar-refractivity contribution in [1.82, 2.24) is 30.4 Å². The normalized spacial score (nSPS) is 16.5. The summed E-state index contributed by atoms with van der Waals surface area (Å²) < 4.78 is 24.3. The monoisotopic (exact) mass is 1150 g/mol. The van der Waals surface area contributed by atoms with Crippen LogP contribution in [0.15, 0.2) is 95.2 Å². The first-order valence-corrected chi connectivity index (χ1v) is 30.1. The van der Waals surface area contributed by atoms with Gasteiger partial charge in [0.2, 0.25) is 11.8 Å². The number of thiazole rings is 1. The van der Waals surface area contributed by atoms with Gasteiger partial charge in [0.25, 0.3) is 17.4 Å². The molecular formula is C65H79N7O10S. The second-order valence-corrected chi connectivity index (χ2v) is 23.2. The molecular weight excluding hydrogens is 1070 g/mol. The number of aromatic amines is 1. The second kappa shape index (κ2) is 27.8. The van der Waals surface area contributed by atoms with Crippen LogP contribution in [0, 0.1) is 33.6 Å². The van der Waals surface area contributed by atoms with Gasteiger partial charge in [0, 0.05) is 112 Å². The number of carbonyl (C=O) groups is 4. The number of anilines is 1. The van der Waals surface area contributed by atoms with Gasteiger partial charge in [0.1, 0.15) is 23.6 Å². The lowest BCUT2D eigenvalue weighted by molar-refractivity contribution is -0.143. The quantitative estimate of drug-likeness (QED) is 0.0396. The molecule has 17 nitrogen and oxygen atoms in total. The van der Waals surface area contributed by atoms with Crippen molar-refractivity contribution in [3.8, 4) is 33.1 Å². The first kappa shape index (κ1) is 60.2. The van der Waals surface area contributed by atoms with E-state index >= 15 is 0 Å². The van der Waals surface area contributed by atoms with Crippen LogP contribution in [-0.4, -0.2) is 125 Å². The zero-order chi connectivity index (χ0) is 58.7. The van der Waals surface area contributed by atoms with Crippen molar-refractivity contribution in [1.29, 1.82) is 0 Å². The minimum atomic E-state index is -0.908. The Balaban J connectivity index is 0.754. The zero-order valence-electron chi connectivity index (χ0n) is 48.9. The summed E-state index contributed by atoms with van der Waals surface area (Å²) in [5.74, 6) is -0.0601. The number of aromatic nitrogens is 2. The largest absolute Gasteiger partial charge is 0.494 e. The zero-order valence-corrected chi connectivity index (χ0v) is 49.7. The summed E-state index contributed by atoms with van der Waals surface area (Å²) in [4.78, 5) is 82.4. The van der Waals surface area contributed by atoms with Gasteiger partial charge in [-0.2, -0.15) is 0 Å². The molecule has 9 rings (SSSR count). The fourth-order valence-corrected chi connectivity index (χ4v) is 12.5. The van der Waals surface area contributed by atoms with E-state index in [0.717, 1.165) is 98.9 Å². The lowest BCUT2D eigenvalue weighted by Crippen LogP contribution is -2.55. The molecule has 0 radical (unpaired) electrons. The van der Waals surface area contributed by atoms with Gasteiger partial charge in [0.15, 0.2) is 0 Å². The topological polar surface area (TPSA) is 205 Å². The van der Waals surface area contributed by atoms with E-state index in [9.17, 15) is 29.1 Å². The molecule has 0 saturated carbocycles. The summed E-state index contributed by atoms with van der Waals surface area (Å²) in [6.45, 7) is 18.3. The van der Waals surface area contributed by atoms with E-state index in [4.69, 9.17) is 18.9 Å². The van der Waals surface area contributed by atoms with Crippen molar-refractivity contribution < 1.29 is 43.2 Å². The number of hydrogen-bond donors (Lipinski definition) is 4. The molecule has 0 bridgehead atoms. The molecule has 5 heterocycles. The number of pyridine rings is 1. The van der Waals surface area contributed by atoms with Crippen molar-refractivity contribution in [2.45, 2.75) is 131 Å². The van der Waals surface area contributed by atoms with E-state index in [1.807, 2.05) is 120 Å². The second-order valence-electron chi connectivity index (χ2n) is 22.3. The molecule has 440 valence electrons. The number of benzene rings is 4. The highest BCUT2D eigenvalue weighted by atomic mass is 32.1. The number of likely N-dealkylation sites (tertiary alicyclic amines) is 1. The molecule has 3 aliphatic heterocycles. The number of hydrogen-bond acceptors (Lipinski definition) is 13. The Labute approximate surface area is 490 Å². The highest BCUT2D eigenvalue weighted by Gasteiger charge is 2.46. The van der Waals surface area contributed by atoms with Gasteiger partial charge in [-0.25, -0.2) is 4.98 Å². The minimum absolute atomic E-state index is 0.000997. The maximum Gasteiger partial charge on any atom is 0.255 e. The number of ether oxygens (including phenoxy) is 4. The van der Waals surface area contributed by atoms with Crippen LogP contribution in [0.25, 0.3) is 21.6 Å². The SMILES string of the molecule is CCN(c1cc(-c2ccc(OCCCOCCCCOc3cc(-c4scnc4C)ccc3CNC(=O)[C@@H]3C[C@@H](O)CN3C(=O)[C@H](C(C)C)N3Cc4ccccc4C3=O)cc2)cc(C(=O)NCc2c(C)cc(C)[nH]c2=O)c1C)C1CCOCC1. The average molecular weight is 1150 g/mol. The lowest BCUT2D eigenvalue weighted by Gasteiger charge is -2.37. The molecule has 3 atom stereocenters. The molecule has 2 fully saturated rings. The Morgan fingerprint density at radius 1 is 0.855 bits per heavy atom. The Morgan fingerprint density at radius 2 is 1.59 bits per heavy atom. The molecule has 4 aromatic carbocycles. The van der Waals surface area contributed by atoms with Gasteiger partial charge in [0.05, 0.1) is 35.4 Å². The number of rotatable bonds is 25. The van der Waals surface area contributed by atoms with Crippen LogP contribution < -0.4 is 30.6 Å². The van der Waals surface area contributed by atoms with Crippen LogP contribution in [0.1, 0.15) is 119 Å². The molecule has 83 heavy (non-hydrogen) atoms. The van der Waals surface area contributed by atoms with Crippen molar-refractivity contribution in [2.75, 3.05) is 57.6 Å². The van der Waals surface area contributed by atoms with E-state index in [1.165, 1.54) is 4.90 Å². The van der Waals surface area contributed by atoms with Crippen LogP contribution >= 0.6 is 11.3 Å². The van der Waals surface area contributed by atoms with Crippen LogP contribution in [0.5, 0.6) is 11.5 Å². The van der Waals surface area contributed by atoms with Crippen molar-refractivity contribution in [3.63, 3.8) is 0 Å². The fourth-order valence-electron chi connectivity index (χ4n) is 11.7. The predicted molar refractivity (Wildman–Crippen MR) is 322 cm³/mol. The summed E-state index contributed by atoms with van der Waals surface area (Å²) >= 11 is 1.54. The minimum Gasteiger partial charge on any atom is -0.494 e. The van der Waals surface area contributed by atoms with Crippen molar-refractivity contribution in [3.05, 3.63) is 151 Å². The molecule has 18 heteroatoms. The Kier molecular flexibility index (Phi) is 20.2. The number of nitrogens with one attached hydrogen (secondary N) is 3. The number of fused-ring (bicyclic) bond motifs is 1. The maximum absolute atomic E-state index is 14.3. The molecule has 2 saturated heterocycles. The van der Waals surface area contributed by atoms with Gasteiger partial charge >= 0.3 is 0 Å². The Bertz CT molecular complexity index is 3320. The third kappa shape index (κ3) is 14.3. The first-order valence-electron chi connectivity index (χ1n) is 29.2. The Morgan fingerprint density at radius 3 is 2.31 bits per heavy atom. The molecule has 2 aromatic heterocycles. The van der Waals surface area contributed by atoms with Crippen LogP contribution in [0.4, 0.5) is 5.69 Å². The number of nitrogens with zero attached hydrogens (tertiary/aromatic N) is 4. The van der Waals surface area contributed by atoms with Crippen molar-refractivity contribution >= 4 is 40.7 Å². The summed E-state index contributed by atoms with van der Waals surface area (Å²) in [5.41, 5.74) is 12.1. The van der Waals surface area contributed by atoms with Crippen LogP contribution in [0.3, 0.4) is 0 Å². The number of aryl methyl sites for hydroxylation is 3.